The molecule has 3 aromatic rings. The smallest absolute Gasteiger partial charge is 0.336 e. The molecule has 0 radical (unpaired) electrons. The van der Waals surface area contributed by atoms with Gasteiger partial charge in [0, 0.05) is 17.5 Å². The summed E-state index contributed by atoms with van der Waals surface area (Å²) in [4.78, 5) is 36.5. The van der Waals surface area contributed by atoms with Gasteiger partial charge in [0.25, 0.3) is 0 Å². The third-order valence-corrected chi connectivity index (χ3v) is 5.04. The number of hydrogen-bond acceptors (Lipinski definition) is 6. The number of aromatic hydroxyl groups is 1. The predicted octanol–water partition coefficient (Wildman–Crippen LogP) is 3.87. The van der Waals surface area contributed by atoms with Gasteiger partial charge in [-0.05, 0) is 37.1 Å². The minimum atomic E-state index is -1.68. The molecule has 1 atom stereocenters. The first-order chi connectivity index (χ1) is 14.1. The van der Waals surface area contributed by atoms with Crippen LogP contribution >= 0.6 is 0 Å². The lowest BCUT2D eigenvalue weighted by molar-refractivity contribution is -0.135. The van der Waals surface area contributed by atoms with Gasteiger partial charge in [0.05, 0.1) is 11.8 Å². The molecule has 30 heavy (non-hydrogen) atoms. The zero-order chi connectivity index (χ0) is 21.9. The average Bonchev–Trinajstić information content (AvgIpc) is 2.64. The summed E-state index contributed by atoms with van der Waals surface area (Å²) in [5.74, 6) is -8.18. The maximum absolute atomic E-state index is 13.9. The minimum Gasteiger partial charge on any atom is -0.506 e. The third kappa shape index (κ3) is 2.85. The molecule has 0 bridgehead atoms. The van der Waals surface area contributed by atoms with E-state index in [-0.39, 0.29) is 39.0 Å². The molecule has 2 aromatic carbocycles. The fourth-order valence-corrected chi connectivity index (χ4v) is 3.80. The Balaban J connectivity index is 2.18. The van der Waals surface area contributed by atoms with Crippen molar-refractivity contribution in [2.75, 3.05) is 0 Å². The number of carbonyl (C=O) groups excluding carboxylic acids is 2. The molecule has 1 aromatic heterocycles. The number of benzene rings is 2. The van der Waals surface area contributed by atoms with Gasteiger partial charge in [-0.1, -0.05) is 0 Å². The number of rotatable bonds is 2. The molecule has 0 spiro atoms. The summed E-state index contributed by atoms with van der Waals surface area (Å²) >= 11 is 0. The first-order valence-electron chi connectivity index (χ1n) is 8.79. The molecule has 2 heterocycles. The van der Waals surface area contributed by atoms with Gasteiger partial charge in [-0.2, -0.15) is 0 Å². The Bertz CT molecular complexity index is 1300. The summed E-state index contributed by atoms with van der Waals surface area (Å²) in [6, 6.07) is 2.52. The van der Waals surface area contributed by atoms with Gasteiger partial charge in [-0.15, -0.1) is 0 Å². The summed E-state index contributed by atoms with van der Waals surface area (Å²) in [6.07, 6.45) is -0.424. The highest BCUT2D eigenvalue weighted by Crippen LogP contribution is 2.49. The van der Waals surface area contributed by atoms with E-state index < -0.39 is 52.9 Å². The van der Waals surface area contributed by atoms with Crippen LogP contribution in [0.15, 0.2) is 27.4 Å². The molecule has 4 rings (SSSR count). The van der Waals surface area contributed by atoms with E-state index in [0.29, 0.717) is 12.1 Å². The number of phenolic OH excluding ortho intramolecular Hbond substituents is 1. The normalized spacial score (nSPS) is 15.8. The number of aryl methyl sites for hydroxylation is 1. The van der Waals surface area contributed by atoms with Gasteiger partial charge < -0.3 is 14.3 Å². The average molecular weight is 418 g/mol. The molecule has 0 aliphatic carbocycles. The van der Waals surface area contributed by atoms with Crippen molar-refractivity contribution in [2.45, 2.75) is 26.2 Å². The predicted molar refractivity (Wildman–Crippen MR) is 97.3 cm³/mol. The number of phenols is 1. The number of ketones is 1. The summed E-state index contributed by atoms with van der Waals surface area (Å²) in [6.45, 7) is 2.63. The quantitative estimate of drug-likeness (QED) is 0.223. The lowest BCUT2D eigenvalue weighted by Gasteiger charge is -2.28. The monoisotopic (exact) mass is 418 g/mol. The van der Waals surface area contributed by atoms with Crippen molar-refractivity contribution < 1.29 is 37.0 Å². The molecule has 9 heteroatoms. The number of carbonyl (C=O) groups is 2. The van der Waals surface area contributed by atoms with E-state index in [1.165, 1.54) is 6.92 Å². The third-order valence-electron chi connectivity index (χ3n) is 5.04. The summed E-state index contributed by atoms with van der Waals surface area (Å²) < 4.78 is 51.7. The van der Waals surface area contributed by atoms with Crippen molar-refractivity contribution in [1.29, 1.82) is 0 Å². The van der Waals surface area contributed by atoms with Gasteiger partial charge in [0.1, 0.15) is 16.9 Å². The zero-order valence-electron chi connectivity index (χ0n) is 15.6. The van der Waals surface area contributed by atoms with Crippen LogP contribution in [0.2, 0.25) is 0 Å². The SMILES string of the molecule is CC(=O)c1c2c(c3oc(=O)cc(C)c3c1O)C(c1cc(F)c(F)c(F)c1)CC(=O)O2. The fraction of sp³-hybridized carbons (Fsp3) is 0.190. The molecule has 0 saturated carbocycles. The number of fused-ring (bicyclic) bond motifs is 3. The van der Waals surface area contributed by atoms with E-state index in [1.807, 2.05) is 0 Å². The van der Waals surface area contributed by atoms with Gasteiger partial charge in [0.15, 0.2) is 29.0 Å². The lowest BCUT2D eigenvalue weighted by Crippen LogP contribution is -2.24. The second-order valence-corrected chi connectivity index (χ2v) is 7.00. The number of esters is 1. The highest BCUT2D eigenvalue weighted by Gasteiger charge is 2.37. The Morgan fingerprint density at radius 2 is 1.77 bits per heavy atom. The standard InChI is InChI=1S/C21H13F3O6/c1-7-3-13(26)29-20-15(7)19(28)16(8(2)25)21-17(20)10(6-14(27)30-21)9-4-11(22)18(24)12(23)5-9/h3-5,10,28H,6H2,1-2H3. The molecule has 0 amide bonds. The van der Waals surface area contributed by atoms with Crippen LogP contribution in [0.25, 0.3) is 11.0 Å². The minimum absolute atomic E-state index is 0.0150. The maximum atomic E-state index is 13.9. The van der Waals surface area contributed by atoms with Crippen LogP contribution in [-0.2, 0) is 4.79 Å². The second kappa shape index (κ2) is 6.72. The van der Waals surface area contributed by atoms with E-state index in [1.54, 1.807) is 0 Å². The van der Waals surface area contributed by atoms with Crippen LogP contribution in [-0.4, -0.2) is 16.9 Å². The molecule has 1 N–H and O–H groups in total. The van der Waals surface area contributed by atoms with Gasteiger partial charge in [-0.25, -0.2) is 18.0 Å². The fourth-order valence-electron chi connectivity index (χ4n) is 3.80. The van der Waals surface area contributed by atoms with E-state index in [2.05, 4.69) is 0 Å². The Kier molecular flexibility index (Phi) is 4.41. The van der Waals surface area contributed by atoms with E-state index >= 15 is 0 Å². The Hall–Kier alpha value is -3.62. The van der Waals surface area contributed by atoms with Gasteiger partial charge in [0.2, 0.25) is 0 Å². The van der Waals surface area contributed by atoms with E-state index in [0.717, 1.165) is 13.0 Å². The molecule has 0 fully saturated rings. The van der Waals surface area contributed by atoms with Crippen LogP contribution < -0.4 is 10.4 Å². The number of hydrogen-bond donors (Lipinski definition) is 1. The van der Waals surface area contributed by atoms with Crippen LogP contribution in [0.1, 0.15) is 46.3 Å². The van der Waals surface area contributed by atoms with Gasteiger partial charge >= 0.3 is 11.6 Å². The molecular formula is C21H13F3O6. The lowest BCUT2D eigenvalue weighted by atomic mass is 9.82. The van der Waals surface area contributed by atoms with Crippen molar-refractivity contribution in [2.24, 2.45) is 0 Å². The highest BCUT2D eigenvalue weighted by molar-refractivity contribution is 6.09. The van der Waals surface area contributed by atoms with E-state index in [9.17, 15) is 32.7 Å². The van der Waals surface area contributed by atoms with Crippen LogP contribution in [0.4, 0.5) is 13.2 Å². The highest BCUT2D eigenvalue weighted by atomic mass is 19.2. The molecule has 6 nitrogen and oxygen atoms in total. The first-order valence-corrected chi connectivity index (χ1v) is 8.79. The largest absolute Gasteiger partial charge is 0.506 e. The number of halogens is 3. The first kappa shape index (κ1) is 19.7. The van der Waals surface area contributed by atoms with Crippen molar-refractivity contribution in [3.8, 4) is 11.5 Å². The maximum Gasteiger partial charge on any atom is 0.336 e. The topological polar surface area (TPSA) is 93.8 Å². The molecule has 1 aliphatic rings. The molecule has 1 unspecified atom stereocenters. The summed E-state index contributed by atoms with van der Waals surface area (Å²) in [5.41, 5.74) is -1.19. The van der Waals surface area contributed by atoms with Gasteiger partial charge in [-0.3, -0.25) is 9.59 Å². The Morgan fingerprint density at radius 1 is 1.13 bits per heavy atom. The molecule has 154 valence electrons. The van der Waals surface area contributed by atoms with Crippen molar-refractivity contribution in [3.63, 3.8) is 0 Å². The Labute approximate surface area is 166 Å². The number of ether oxygens (including phenoxy) is 1. The number of Topliss-reactive ketones (excluding diaryl/α,β-unsaturated/α-hetero) is 1. The molecular weight excluding hydrogens is 405 g/mol. The molecule has 1 aliphatic heterocycles. The molecule has 0 saturated heterocycles. The Morgan fingerprint density at radius 3 is 2.37 bits per heavy atom. The summed E-state index contributed by atoms with van der Waals surface area (Å²) in [5, 5.41) is 10.7. The van der Waals surface area contributed by atoms with Crippen molar-refractivity contribution >= 4 is 22.7 Å². The summed E-state index contributed by atoms with van der Waals surface area (Å²) in [7, 11) is 0. The van der Waals surface area contributed by atoms with Crippen LogP contribution in [0.3, 0.4) is 0 Å². The van der Waals surface area contributed by atoms with Crippen LogP contribution in [0.5, 0.6) is 11.5 Å². The second-order valence-electron chi connectivity index (χ2n) is 7.00. The van der Waals surface area contributed by atoms with Crippen molar-refractivity contribution in [1.82, 2.24) is 0 Å². The van der Waals surface area contributed by atoms with E-state index in [4.69, 9.17) is 9.15 Å². The van der Waals surface area contributed by atoms with Crippen LogP contribution in [0, 0.1) is 24.4 Å². The van der Waals surface area contributed by atoms with Crippen molar-refractivity contribution in [3.05, 3.63) is 68.3 Å². The zero-order valence-corrected chi connectivity index (χ0v) is 15.6.